The number of nitrogens with two attached hydrogens (primary N) is 1. The van der Waals surface area contributed by atoms with Gasteiger partial charge >= 0.3 is 0 Å². The number of benzene rings is 1. The molecule has 0 aliphatic carbocycles. The highest BCUT2D eigenvalue weighted by molar-refractivity contribution is 9.10. The van der Waals surface area contributed by atoms with Gasteiger partial charge in [0.2, 0.25) is 0 Å². The van der Waals surface area contributed by atoms with E-state index in [1.54, 1.807) is 26.1 Å². The van der Waals surface area contributed by atoms with Crippen LogP contribution in [0, 0.1) is 0 Å². The zero-order chi connectivity index (χ0) is 11.4. The monoisotopic (exact) mass is 272 g/mol. The van der Waals surface area contributed by atoms with Crippen LogP contribution in [-0.2, 0) is 4.79 Å². The first-order valence-electron chi connectivity index (χ1n) is 4.48. The van der Waals surface area contributed by atoms with Gasteiger partial charge in [-0.05, 0) is 35.0 Å². The molecular formula is C10H13BrN2O2. The van der Waals surface area contributed by atoms with Crippen LogP contribution in [0.1, 0.15) is 6.92 Å². The van der Waals surface area contributed by atoms with E-state index in [-0.39, 0.29) is 5.91 Å². The van der Waals surface area contributed by atoms with Crippen LogP contribution >= 0.6 is 15.9 Å². The van der Waals surface area contributed by atoms with E-state index in [1.165, 1.54) is 0 Å². The van der Waals surface area contributed by atoms with E-state index in [4.69, 9.17) is 10.5 Å². The molecule has 0 aliphatic heterocycles. The summed E-state index contributed by atoms with van der Waals surface area (Å²) in [4.78, 5) is 11.2. The molecule has 0 radical (unpaired) electrons. The highest BCUT2D eigenvalue weighted by Gasteiger charge is 2.15. The van der Waals surface area contributed by atoms with Crippen LogP contribution in [0.25, 0.3) is 0 Å². The minimum Gasteiger partial charge on any atom is -0.478 e. The first-order chi connectivity index (χ1) is 7.06. The molecule has 3 N–H and O–H groups in total. The Morgan fingerprint density at radius 2 is 2.27 bits per heavy atom. The molecule has 0 aliphatic rings. The SMILES string of the molecule is CNC(=O)C(C)Oc1c(N)cccc1Br. The van der Waals surface area contributed by atoms with Gasteiger partial charge in [-0.3, -0.25) is 4.79 Å². The summed E-state index contributed by atoms with van der Waals surface area (Å²) in [5.41, 5.74) is 6.22. The van der Waals surface area contributed by atoms with Crippen LogP contribution in [0.15, 0.2) is 22.7 Å². The molecule has 0 saturated carbocycles. The Morgan fingerprint density at radius 3 is 2.80 bits per heavy atom. The standard InChI is InChI=1S/C10H13BrN2O2/c1-6(10(14)13-2)15-9-7(11)4-3-5-8(9)12/h3-6H,12H2,1-2H3,(H,13,14). The molecule has 0 aromatic heterocycles. The van der Waals surface area contributed by atoms with Crippen molar-refractivity contribution < 1.29 is 9.53 Å². The quantitative estimate of drug-likeness (QED) is 0.821. The molecule has 1 unspecified atom stereocenters. The van der Waals surface area contributed by atoms with Gasteiger partial charge in [-0.25, -0.2) is 0 Å². The molecular weight excluding hydrogens is 260 g/mol. The molecule has 4 nitrogen and oxygen atoms in total. The van der Waals surface area contributed by atoms with Gasteiger partial charge in [-0.1, -0.05) is 6.07 Å². The molecule has 0 fully saturated rings. The lowest BCUT2D eigenvalue weighted by Crippen LogP contribution is -2.33. The van der Waals surface area contributed by atoms with Crippen molar-refractivity contribution in [3.8, 4) is 5.75 Å². The summed E-state index contributed by atoms with van der Waals surface area (Å²) in [6.45, 7) is 1.66. The van der Waals surface area contributed by atoms with Gasteiger partial charge in [0.15, 0.2) is 11.9 Å². The van der Waals surface area contributed by atoms with E-state index in [0.29, 0.717) is 11.4 Å². The third kappa shape index (κ3) is 2.86. The molecule has 0 heterocycles. The first kappa shape index (κ1) is 11.8. The summed E-state index contributed by atoms with van der Waals surface area (Å²) in [6, 6.07) is 5.33. The average molecular weight is 273 g/mol. The second-order valence-electron chi connectivity index (χ2n) is 3.03. The summed E-state index contributed by atoms with van der Waals surface area (Å²) in [5, 5.41) is 2.50. The number of para-hydroxylation sites is 1. The van der Waals surface area contributed by atoms with Crippen molar-refractivity contribution in [3.05, 3.63) is 22.7 Å². The lowest BCUT2D eigenvalue weighted by atomic mass is 10.3. The predicted molar refractivity (Wildman–Crippen MR) is 62.7 cm³/mol. The van der Waals surface area contributed by atoms with Crippen LogP contribution in [0.3, 0.4) is 0 Å². The Bertz CT molecular complexity index is 348. The van der Waals surface area contributed by atoms with Crippen LogP contribution in [-0.4, -0.2) is 19.1 Å². The molecule has 5 heteroatoms. The average Bonchev–Trinajstić information content (AvgIpc) is 2.22. The molecule has 1 aromatic rings. The van der Waals surface area contributed by atoms with Crippen LogP contribution in [0.2, 0.25) is 0 Å². The maximum Gasteiger partial charge on any atom is 0.260 e. The van der Waals surface area contributed by atoms with Gasteiger partial charge in [0.25, 0.3) is 5.91 Å². The number of ether oxygens (including phenoxy) is 1. The van der Waals surface area contributed by atoms with Gasteiger partial charge in [0, 0.05) is 7.05 Å². The van der Waals surface area contributed by atoms with Gasteiger partial charge in [-0.15, -0.1) is 0 Å². The Hall–Kier alpha value is -1.23. The third-order valence-corrected chi connectivity index (χ3v) is 2.53. The third-order valence-electron chi connectivity index (χ3n) is 1.91. The zero-order valence-electron chi connectivity index (χ0n) is 8.58. The number of carbonyl (C=O) groups is 1. The first-order valence-corrected chi connectivity index (χ1v) is 5.27. The molecule has 1 rings (SSSR count). The van der Waals surface area contributed by atoms with Crippen molar-refractivity contribution in [2.24, 2.45) is 0 Å². The van der Waals surface area contributed by atoms with E-state index >= 15 is 0 Å². The zero-order valence-corrected chi connectivity index (χ0v) is 10.2. The fourth-order valence-electron chi connectivity index (χ4n) is 1.08. The Labute approximate surface area is 96.9 Å². The molecule has 1 aromatic carbocycles. The van der Waals surface area contributed by atoms with Gasteiger partial charge in [0.05, 0.1) is 10.2 Å². The normalized spacial score (nSPS) is 11.9. The predicted octanol–water partition coefficient (Wildman–Crippen LogP) is 1.54. The molecule has 15 heavy (non-hydrogen) atoms. The number of carbonyl (C=O) groups excluding carboxylic acids is 1. The van der Waals surface area contributed by atoms with Gasteiger partial charge < -0.3 is 15.8 Å². The van der Waals surface area contributed by atoms with E-state index in [9.17, 15) is 4.79 Å². The lowest BCUT2D eigenvalue weighted by Gasteiger charge is -2.15. The maximum absolute atomic E-state index is 11.2. The Morgan fingerprint density at radius 1 is 1.60 bits per heavy atom. The van der Waals surface area contributed by atoms with Crippen molar-refractivity contribution in [3.63, 3.8) is 0 Å². The lowest BCUT2D eigenvalue weighted by molar-refractivity contribution is -0.126. The van der Waals surface area contributed by atoms with E-state index in [1.807, 2.05) is 6.07 Å². The molecule has 82 valence electrons. The fraction of sp³-hybridized carbons (Fsp3) is 0.300. The summed E-state index contributed by atoms with van der Waals surface area (Å²) >= 11 is 3.31. The minimum atomic E-state index is -0.573. The molecule has 1 amide bonds. The van der Waals surface area contributed by atoms with Crippen molar-refractivity contribution in [1.82, 2.24) is 5.32 Å². The highest BCUT2D eigenvalue weighted by Crippen LogP contribution is 2.31. The van der Waals surface area contributed by atoms with Crippen LogP contribution < -0.4 is 15.8 Å². The van der Waals surface area contributed by atoms with Crippen molar-refractivity contribution in [1.29, 1.82) is 0 Å². The topological polar surface area (TPSA) is 64.3 Å². The van der Waals surface area contributed by atoms with Crippen molar-refractivity contribution in [2.45, 2.75) is 13.0 Å². The number of nitrogen functional groups attached to an aromatic ring is 1. The molecule has 0 bridgehead atoms. The van der Waals surface area contributed by atoms with Gasteiger partial charge in [-0.2, -0.15) is 0 Å². The van der Waals surface area contributed by atoms with E-state index in [2.05, 4.69) is 21.2 Å². The Balaban J connectivity index is 2.85. The fourth-order valence-corrected chi connectivity index (χ4v) is 1.56. The number of hydrogen-bond acceptors (Lipinski definition) is 3. The molecule has 1 atom stereocenters. The summed E-state index contributed by atoms with van der Waals surface area (Å²) in [7, 11) is 1.56. The highest BCUT2D eigenvalue weighted by atomic mass is 79.9. The minimum absolute atomic E-state index is 0.190. The number of rotatable bonds is 3. The van der Waals surface area contributed by atoms with Crippen LogP contribution in [0.5, 0.6) is 5.75 Å². The molecule has 0 spiro atoms. The number of nitrogens with one attached hydrogen (secondary N) is 1. The summed E-state index contributed by atoms with van der Waals surface area (Å²) in [5.74, 6) is 0.304. The van der Waals surface area contributed by atoms with Crippen molar-refractivity contribution in [2.75, 3.05) is 12.8 Å². The second-order valence-corrected chi connectivity index (χ2v) is 3.89. The number of amides is 1. The Kier molecular flexibility index (Phi) is 3.96. The largest absolute Gasteiger partial charge is 0.478 e. The number of hydrogen-bond donors (Lipinski definition) is 2. The molecule has 0 saturated heterocycles. The van der Waals surface area contributed by atoms with Crippen LogP contribution in [0.4, 0.5) is 5.69 Å². The van der Waals surface area contributed by atoms with Gasteiger partial charge in [0.1, 0.15) is 0 Å². The van der Waals surface area contributed by atoms with E-state index in [0.717, 1.165) is 4.47 Å². The summed E-state index contributed by atoms with van der Waals surface area (Å²) < 4.78 is 6.18. The maximum atomic E-state index is 11.2. The number of anilines is 1. The smallest absolute Gasteiger partial charge is 0.260 e. The van der Waals surface area contributed by atoms with Crippen molar-refractivity contribution >= 4 is 27.5 Å². The second kappa shape index (κ2) is 5.02. The van der Waals surface area contributed by atoms with E-state index < -0.39 is 6.10 Å². The summed E-state index contributed by atoms with van der Waals surface area (Å²) in [6.07, 6.45) is -0.573. The number of likely N-dealkylation sites (N-methyl/N-ethyl adjacent to an activating group) is 1. The number of halogens is 1.